The minimum atomic E-state index is -0.174. The first-order chi connectivity index (χ1) is 9.67. The molecule has 2 aromatic rings. The van der Waals surface area contributed by atoms with Crippen LogP contribution in [0.1, 0.15) is 5.56 Å². The number of benzene rings is 2. The molecule has 0 aromatic heterocycles. The lowest BCUT2D eigenvalue weighted by Crippen LogP contribution is -2.20. The fraction of sp³-hybridized carbons (Fsp3) is 0.188. The molecule has 2 rings (SSSR count). The SMILES string of the molecule is CNc1ccc(OCC(=O)Nc2ccc(C)cc2)cc1. The standard InChI is InChI=1S/C16H18N2O2/c1-12-3-5-14(6-4-12)18-16(19)11-20-15-9-7-13(17-2)8-10-15/h3-10,17H,11H2,1-2H3,(H,18,19). The number of carbonyl (C=O) groups excluding carboxylic acids is 1. The Hall–Kier alpha value is -2.49. The highest BCUT2D eigenvalue weighted by molar-refractivity contribution is 5.91. The van der Waals surface area contributed by atoms with Crippen molar-refractivity contribution in [2.45, 2.75) is 6.92 Å². The van der Waals surface area contributed by atoms with Crippen LogP contribution in [0.3, 0.4) is 0 Å². The van der Waals surface area contributed by atoms with Gasteiger partial charge in [-0.15, -0.1) is 0 Å². The molecule has 0 saturated heterocycles. The van der Waals surface area contributed by atoms with Gasteiger partial charge in [-0.25, -0.2) is 0 Å². The lowest BCUT2D eigenvalue weighted by Gasteiger charge is -2.08. The minimum Gasteiger partial charge on any atom is -0.484 e. The zero-order valence-electron chi connectivity index (χ0n) is 11.6. The van der Waals surface area contributed by atoms with Crippen LogP contribution in [0.25, 0.3) is 0 Å². The molecule has 0 bridgehead atoms. The molecule has 0 aliphatic heterocycles. The zero-order valence-corrected chi connectivity index (χ0v) is 11.6. The minimum absolute atomic E-state index is 0.00717. The van der Waals surface area contributed by atoms with Gasteiger partial charge in [-0.3, -0.25) is 4.79 Å². The van der Waals surface area contributed by atoms with Crippen LogP contribution in [0.4, 0.5) is 11.4 Å². The second kappa shape index (κ2) is 6.61. The molecule has 0 saturated carbocycles. The maximum atomic E-state index is 11.7. The highest BCUT2D eigenvalue weighted by Crippen LogP contribution is 2.15. The van der Waals surface area contributed by atoms with Crippen molar-refractivity contribution < 1.29 is 9.53 Å². The van der Waals surface area contributed by atoms with E-state index in [4.69, 9.17) is 4.74 Å². The third-order valence-electron chi connectivity index (χ3n) is 2.85. The van der Waals surface area contributed by atoms with E-state index in [1.54, 1.807) is 0 Å². The first kappa shape index (κ1) is 13.9. The number of carbonyl (C=O) groups is 1. The van der Waals surface area contributed by atoms with E-state index >= 15 is 0 Å². The van der Waals surface area contributed by atoms with E-state index < -0.39 is 0 Å². The fourth-order valence-corrected chi connectivity index (χ4v) is 1.70. The predicted octanol–water partition coefficient (Wildman–Crippen LogP) is 3.05. The van der Waals surface area contributed by atoms with Gasteiger partial charge in [-0.2, -0.15) is 0 Å². The highest BCUT2D eigenvalue weighted by atomic mass is 16.5. The molecule has 4 nitrogen and oxygen atoms in total. The molecule has 0 fully saturated rings. The average molecular weight is 270 g/mol. The maximum Gasteiger partial charge on any atom is 0.262 e. The van der Waals surface area contributed by atoms with Gasteiger partial charge in [-0.1, -0.05) is 17.7 Å². The van der Waals surface area contributed by atoms with E-state index in [9.17, 15) is 4.79 Å². The Labute approximate surface area is 118 Å². The van der Waals surface area contributed by atoms with Gasteiger partial charge in [0.1, 0.15) is 5.75 Å². The number of hydrogen-bond donors (Lipinski definition) is 2. The van der Waals surface area contributed by atoms with Crippen LogP contribution in [0.5, 0.6) is 5.75 Å². The van der Waals surface area contributed by atoms with Crippen molar-refractivity contribution in [2.75, 3.05) is 24.3 Å². The summed E-state index contributed by atoms with van der Waals surface area (Å²) in [5, 5.41) is 5.81. The van der Waals surface area contributed by atoms with Crippen molar-refractivity contribution in [1.29, 1.82) is 0 Å². The number of hydrogen-bond acceptors (Lipinski definition) is 3. The molecule has 20 heavy (non-hydrogen) atoms. The van der Waals surface area contributed by atoms with E-state index in [1.165, 1.54) is 0 Å². The Morgan fingerprint density at radius 3 is 2.20 bits per heavy atom. The van der Waals surface area contributed by atoms with Crippen LogP contribution in [0, 0.1) is 6.92 Å². The number of ether oxygens (including phenoxy) is 1. The second-order valence-electron chi connectivity index (χ2n) is 4.48. The summed E-state index contributed by atoms with van der Waals surface area (Å²) in [7, 11) is 1.85. The van der Waals surface area contributed by atoms with Crippen LogP contribution in [0.2, 0.25) is 0 Å². The van der Waals surface area contributed by atoms with Gasteiger partial charge >= 0.3 is 0 Å². The van der Waals surface area contributed by atoms with E-state index in [-0.39, 0.29) is 12.5 Å². The van der Waals surface area contributed by atoms with Crippen LogP contribution < -0.4 is 15.4 Å². The van der Waals surface area contributed by atoms with Gasteiger partial charge in [0.2, 0.25) is 0 Å². The van der Waals surface area contributed by atoms with E-state index in [1.807, 2.05) is 62.5 Å². The molecular formula is C16H18N2O2. The number of anilines is 2. The summed E-state index contributed by atoms with van der Waals surface area (Å²) in [5.41, 5.74) is 2.93. The average Bonchev–Trinajstić information content (AvgIpc) is 2.48. The topological polar surface area (TPSA) is 50.4 Å². The summed E-state index contributed by atoms with van der Waals surface area (Å²) in [4.78, 5) is 11.7. The quantitative estimate of drug-likeness (QED) is 0.878. The molecule has 0 heterocycles. The third-order valence-corrected chi connectivity index (χ3v) is 2.85. The number of rotatable bonds is 5. The van der Waals surface area contributed by atoms with Crippen LogP contribution >= 0.6 is 0 Å². The normalized spacial score (nSPS) is 9.90. The summed E-state index contributed by atoms with van der Waals surface area (Å²) in [6, 6.07) is 15.1. The smallest absolute Gasteiger partial charge is 0.262 e. The number of amides is 1. The van der Waals surface area contributed by atoms with Gasteiger partial charge in [0.25, 0.3) is 5.91 Å². The molecule has 0 aliphatic carbocycles. The van der Waals surface area contributed by atoms with E-state index in [0.29, 0.717) is 5.75 Å². The van der Waals surface area contributed by atoms with Crippen LogP contribution in [0.15, 0.2) is 48.5 Å². The number of aryl methyl sites for hydroxylation is 1. The molecule has 0 radical (unpaired) electrons. The van der Waals surface area contributed by atoms with Crippen molar-refractivity contribution in [3.05, 3.63) is 54.1 Å². The van der Waals surface area contributed by atoms with Gasteiger partial charge in [-0.05, 0) is 43.3 Å². The van der Waals surface area contributed by atoms with Gasteiger partial charge < -0.3 is 15.4 Å². The van der Waals surface area contributed by atoms with Gasteiger partial charge in [0.15, 0.2) is 6.61 Å². The van der Waals surface area contributed by atoms with Crippen LogP contribution in [-0.2, 0) is 4.79 Å². The maximum absolute atomic E-state index is 11.7. The Kier molecular flexibility index (Phi) is 4.60. The number of nitrogens with one attached hydrogen (secondary N) is 2. The largest absolute Gasteiger partial charge is 0.484 e. The molecule has 0 spiro atoms. The monoisotopic (exact) mass is 270 g/mol. The Bertz CT molecular complexity index is 562. The Balaban J connectivity index is 1.83. The van der Waals surface area contributed by atoms with Crippen molar-refractivity contribution in [3.63, 3.8) is 0 Å². The molecule has 2 aromatic carbocycles. The van der Waals surface area contributed by atoms with Gasteiger partial charge in [0.05, 0.1) is 0 Å². The summed E-state index contributed by atoms with van der Waals surface area (Å²) in [6.07, 6.45) is 0. The first-order valence-corrected chi connectivity index (χ1v) is 6.44. The van der Waals surface area contributed by atoms with Crippen molar-refractivity contribution in [2.24, 2.45) is 0 Å². The molecule has 0 unspecified atom stereocenters. The Morgan fingerprint density at radius 1 is 1.00 bits per heavy atom. The molecule has 4 heteroatoms. The molecule has 104 valence electrons. The van der Waals surface area contributed by atoms with E-state index in [0.717, 1.165) is 16.9 Å². The lowest BCUT2D eigenvalue weighted by atomic mass is 10.2. The van der Waals surface area contributed by atoms with Crippen LogP contribution in [-0.4, -0.2) is 19.6 Å². The summed E-state index contributed by atoms with van der Waals surface area (Å²) in [5.74, 6) is 0.495. The second-order valence-corrected chi connectivity index (χ2v) is 4.48. The van der Waals surface area contributed by atoms with Crippen molar-refractivity contribution in [1.82, 2.24) is 0 Å². The van der Waals surface area contributed by atoms with Crippen molar-refractivity contribution in [3.8, 4) is 5.75 Å². The molecule has 0 aliphatic rings. The zero-order chi connectivity index (χ0) is 14.4. The van der Waals surface area contributed by atoms with Gasteiger partial charge in [0, 0.05) is 18.4 Å². The van der Waals surface area contributed by atoms with E-state index in [2.05, 4.69) is 10.6 Å². The molecule has 1 amide bonds. The molecule has 0 atom stereocenters. The third kappa shape index (κ3) is 4.02. The summed E-state index contributed by atoms with van der Waals surface area (Å²) < 4.78 is 5.42. The lowest BCUT2D eigenvalue weighted by molar-refractivity contribution is -0.118. The fourth-order valence-electron chi connectivity index (χ4n) is 1.70. The molecule has 2 N–H and O–H groups in total. The molecular weight excluding hydrogens is 252 g/mol. The van der Waals surface area contributed by atoms with Crippen molar-refractivity contribution >= 4 is 17.3 Å². The first-order valence-electron chi connectivity index (χ1n) is 6.44. The summed E-state index contributed by atoms with van der Waals surface area (Å²) >= 11 is 0. The Morgan fingerprint density at radius 2 is 1.60 bits per heavy atom. The predicted molar refractivity (Wildman–Crippen MR) is 81.3 cm³/mol. The highest BCUT2D eigenvalue weighted by Gasteiger charge is 2.03. The summed E-state index contributed by atoms with van der Waals surface area (Å²) in [6.45, 7) is 2.00.